The van der Waals surface area contributed by atoms with E-state index in [1.165, 1.54) is 32.4 Å². The van der Waals surface area contributed by atoms with Gasteiger partial charge in [-0.25, -0.2) is 0 Å². The number of piperidine rings is 1. The van der Waals surface area contributed by atoms with Crippen LogP contribution in [0.15, 0.2) is 0 Å². The highest BCUT2D eigenvalue weighted by Crippen LogP contribution is 2.14. The van der Waals surface area contributed by atoms with Crippen molar-refractivity contribution in [3.05, 3.63) is 0 Å². The molecule has 4 nitrogen and oxygen atoms in total. The van der Waals surface area contributed by atoms with Gasteiger partial charge in [-0.05, 0) is 57.7 Å². The lowest BCUT2D eigenvalue weighted by Crippen LogP contribution is -2.44. The Hall–Kier alpha value is -0.610. The summed E-state index contributed by atoms with van der Waals surface area (Å²) >= 11 is 0. The molecule has 3 N–H and O–H groups in total. The molecule has 0 aliphatic carbocycles. The maximum Gasteiger partial charge on any atom is 0.220 e. The molecule has 0 radical (unpaired) electrons. The SMILES string of the molecule is CC(C)C[C@H](CN)CC(=O)NC(C)CN1CCCCC1. The fraction of sp³-hybridized carbons (Fsp3) is 0.938. The van der Waals surface area contributed by atoms with E-state index in [-0.39, 0.29) is 11.9 Å². The summed E-state index contributed by atoms with van der Waals surface area (Å²) in [5.74, 6) is 1.07. The number of carbonyl (C=O) groups excluding carboxylic acids is 1. The molecule has 0 saturated carbocycles. The molecular formula is C16H33N3O. The Morgan fingerprint density at radius 3 is 2.40 bits per heavy atom. The van der Waals surface area contributed by atoms with E-state index in [2.05, 4.69) is 31.0 Å². The van der Waals surface area contributed by atoms with Gasteiger partial charge in [0.1, 0.15) is 0 Å². The lowest BCUT2D eigenvalue weighted by atomic mass is 9.94. The summed E-state index contributed by atoms with van der Waals surface area (Å²) < 4.78 is 0. The van der Waals surface area contributed by atoms with Crippen molar-refractivity contribution in [2.45, 2.75) is 58.9 Å². The first-order chi connectivity index (χ1) is 9.51. The smallest absolute Gasteiger partial charge is 0.220 e. The molecule has 1 amide bonds. The van der Waals surface area contributed by atoms with Crippen LogP contribution in [-0.4, -0.2) is 43.0 Å². The Morgan fingerprint density at radius 1 is 1.20 bits per heavy atom. The quantitative estimate of drug-likeness (QED) is 0.716. The van der Waals surface area contributed by atoms with Crippen LogP contribution in [0.1, 0.15) is 52.9 Å². The largest absolute Gasteiger partial charge is 0.352 e. The molecule has 0 bridgehead atoms. The van der Waals surface area contributed by atoms with E-state index >= 15 is 0 Å². The topological polar surface area (TPSA) is 58.4 Å². The number of nitrogens with zero attached hydrogens (tertiary/aromatic N) is 1. The van der Waals surface area contributed by atoms with Crippen molar-refractivity contribution < 1.29 is 4.79 Å². The molecule has 4 heteroatoms. The number of amides is 1. The Kier molecular flexibility index (Phi) is 8.15. The van der Waals surface area contributed by atoms with Crippen molar-refractivity contribution in [2.75, 3.05) is 26.2 Å². The second-order valence-corrected chi connectivity index (χ2v) is 6.77. The van der Waals surface area contributed by atoms with Crippen LogP contribution < -0.4 is 11.1 Å². The van der Waals surface area contributed by atoms with Gasteiger partial charge in [0.05, 0.1) is 0 Å². The van der Waals surface area contributed by atoms with Gasteiger partial charge in [-0.1, -0.05) is 20.3 Å². The zero-order valence-corrected chi connectivity index (χ0v) is 13.5. The molecule has 118 valence electrons. The predicted molar refractivity (Wildman–Crippen MR) is 84.5 cm³/mol. The molecule has 1 saturated heterocycles. The summed E-state index contributed by atoms with van der Waals surface area (Å²) in [6, 6.07) is 0.234. The summed E-state index contributed by atoms with van der Waals surface area (Å²) in [5, 5.41) is 3.13. The molecule has 1 heterocycles. The highest BCUT2D eigenvalue weighted by molar-refractivity contribution is 5.76. The standard InChI is InChI=1S/C16H33N3O/c1-13(2)9-15(11-17)10-16(20)18-14(3)12-19-7-5-4-6-8-19/h13-15H,4-12,17H2,1-3H3,(H,18,20)/t14?,15-/m0/s1. The zero-order chi connectivity index (χ0) is 15.0. The molecule has 2 atom stereocenters. The van der Waals surface area contributed by atoms with E-state index < -0.39 is 0 Å². The number of nitrogens with two attached hydrogens (primary N) is 1. The van der Waals surface area contributed by atoms with Crippen molar-refractivity contribution in [1.29, 1.82) is 0 Å². The lowest BCUT2D eigenvalue weighted by molar-refractivity contribution is -0.122. The Labute approximate surface area is 124 Å². The Balaban J connectivity index is 2.25. The van der Waals surface area contributed by atoms with Gasteiger partial charge in [0.15, 0.2) is 0 Å². The van der Waals surface area contributed by atoms with Crippen LogP contribution in [0.2, 0.25) is 0 Å². The first kappa shape index (κ1) is 17.4. The van der Waals surface area contributed by atoms with Crippen molar-refractivity contribution >= 4 is 5.91 Å². The fourth-order valence-electron chi connectivity index (χ4n) is 3.10. The second kappa shape index (κ2) is 9.35. The molecule has 1 aliphatic rings. The second-order valence-electron chi connectivity index (χ2n) is 6.77. The van der Waals surface area contributed by atoms with E-state index in [0.29, 0.717) is 24.8 Å². The maximum absolute atomic E-state index is 12.1. The van der Waals surface area contributed by atoms with Gasteiger partial charge in [-0.15, -0.1) is 0 Å². The average Bonchev–Trinajstić information content (AvgIpc) is 2.38. The van der Waals surface area contributed by atoms with Crippen molar-refractivity contribution in [2.24, 2.45) is 17.6 Å². The van der Waals surface area contributed by atoms with Gasteiger partial charge in [-0.3, -0.25) is 4.79 Å². The molecule has 1 unspecified atom stereocenters. The molecular weight excluding hydrogens is 250 g/mol. The molecule has 1 aliphatic heterocycles. The number of hydrogen-bond donors (Lipinski definition) is 2. The van der Waals surface area contributed by atoms with E-state index in [9.17, 15) is 4.79 Å². The molecule has 0 aromatic carbocycles. The lowest BCUT2D eigenvalue weighted by Gasteiger charge is -2.29. The van der Waals surface area contributed by atoms with Crippen molar-refractivity contribution in [1.82, 2.24) is 10.2 Å². The minimum absolute atomic E-state index is 0.158. The van der Waals surface area contributed by atoms with Crippen LogP contribution >= 0.6 is 0 Å². The van der Waals surface area contributed by atoms with Crippen LogP contribution in [-0.2, 0) is 4.79 Å². The number of likely N-dealkylation sites (tertiary alicyclic amines) is 1. The molecule has 0 aromatic heterocycles. The van der Waals surface area contributed by atoms with E-state index in [4.69, 9.17) is 5.73 Å². The molecule has 1 rings (SSSR count). The maximum atomic E-state index is 12.1. The zero-order valence-electron chi connectivity index (χ0n) is 13.5. The summed E-state index contributed by atoms with van der Waals surface area (Å²) in [6.45, 7) is 10.4. The van der Waals surface area contributed by atoms with E-state index in [0.717, 1.165) is 13.0 Å². The number of hydrogen-bond acceptors (Lipinski definition) is 3. The summed E-state index contributed by atoms with van der Waals surface area (Å²) in [7, 11) is 0. The van der Waals surface area contributed by atoms with E-state index in [1.807, 2.05) is 0 Å². The number of nitrogens with one attached hydrogen (secondary N) is 1. The third-order valence-corrected chi connectivity index (χ3v) is 4.00. The van der Waals surface area contributed by atoms with Crippen LogP contribution in [0, 0.1) is 11.8 Å². The summed E-state index contributed by atoms with van der Waals surface area (Å²) in [5.41, 5.74) is 5.76. The fourth-order valence-corrected chi connectivity index (χ4v) is 3.10. The highest BCUT2D eigenvalue weighted by Gasteiger charge is 2.17. The van der Waals surface area contributed by atoms with Crippen LogP contribution in [0.5, 0.6) is 0 Å². The summed E-state index contributed by atoms with van der Waals surface area (Å²) in [4.78, 5) is 14.5. The van der Waals surface area contributed by atoms with Crippen molar-refractivity contribution in [3.63, 3.8) is 0 Å². The van der Waals surface area contributed by atoms with Gasteiger partial charge in [0.2, 0.25) is 5.91 Å². The Morgan fingerprint density at radius 2 is 1.85 bits per heavy atom. The Bertz CT molecular complexity index is 275. The predicted octanol–water partition coefficient (Wildman–Crippen LogP) is 1.99. The monoisotopic (exact) mass is 283 g/mol. The van der Waals surface area contributed by atoms with Crippen LogP contribution in [0.25, 0.3) is 0 Å². The first-order valence-electron chi connectivity index (χ1n) is 8.23. The third kappa shape index (κ3) is 7.25. The minimum atomic E-state index is 0.158. The van der Waals surface area contributed by atoms with Gasteiger partial charge in [-0.2, -0.15) is 0 Å². The highest BCUT2D eigenvalue weighted by atomic mass is 16.1. The van der Waals surface area contributed by atoms with E-state index in [1.54, 1.807) is 0 Å². The molecule has 0 spiro atoms. The summed E-state index contributed by atoms with van der Waals surface area (Å²) in [6.07, 6.45) is 5.54. The third-order valence-electron chi connectivity index (χ3n) is 4.00. The van der Waals surface area contributed by atoms with Crippen molar-refractivity contribution in [3.8, 4) is 0 Å². The number of rotatable bonds is 8. The average molecular weight is 283 g/mol. The van der Waals surface area contributed by atoms with Gasteiger partial charge in [0, 0.05) is 19.0 Å². The molecule has 1 fully saturated rings. The normalized spacial score (nSPS) is 19.9. The van der Waals surface area contributed by atoms with Gasteiger partial charge >= 0.3 is 0 Å². The van der Waals surface area contributed by atoms with Crippen LogP contribution in [0.4, 0.5) is 0 Å². The minimum Gasteiger partial charge on any atom is -0.352 e. The first-order valence-corrected chi connectivity index (χ1v) is 8.23. The van der Waals surface area contributed by atoms with Gasteiger partial charge < -0.3 is 16.0 Å². The van der Waals surface area contributed by atoms with Gasteiger partial charge in [0.25, 0.3) is 0 Å². The molecule has 20 heavy (non-hydrogen) atoms. The molecule has 0 aromatic rings. The number of carbonyl (C=O) groups is 1. The van der Waals surface area contributed by atoms with Crippen LogP contribution in [0.3, 0.4) is 0 Å².